The Morgan fingerprint density at radius 1 is 1.40 bits per heavy atom. The first-order chi connectivity index (χ1) is 9.32. The Labute approximate surface area is 132 Å². The number of rotatable bonds is 2. The first-order valence-corrected chi connectivity index (χ1v) is 6.92. The summed E-state index contributed by atoms with van der Waals surface area (Å²) in [6.07, 6.45) is 0. The average molecular weight is 331 g/mol. The van der Waals surface area contributed by atoms with E-state index in [9.17, 15) is 9.90 Å². The molecule has 7 heteroatoms. The van der Waals surface area contributed by atoms with Gasteiger partial charge in [-0.05, 0) is 36.8 Å². The average Bonchev–Trinajstić information content (AvgIpc) is 2.36. The number of hydrogen-bond donors (Lipinski definition) is 2. The molecule has 2 N–H and O–H groups in total. The molecule has 0 spiro atoms. The number of benzene rings is 1. The molecular formula is C13H12Cl2N2O2S. The predicted molar refractivity (Wildman–Crippen MR) is 83.0 cm³/mol. The summed E-state index contributed by atoms with van der Waals surface area (Å²) < 4.78 is 0. The predicted octanol–water partition coefficient (Wildman–Crippen LogP) is 3.21. The summed E-state index contributed by atoms with van der Waals surface area (Å²) in [6.45, 7) is 1.69. The minimum absolute atomic E-state index is 0.236. The molecule has 20 heavy (non-hydrogen) atoms. The van der Waals surface area contributed by atoms with Crippen LogP contribution in [0, 0.1) is 0 Å². The highest BCUT2D eigenvalue weighted by atomic mass is 35.5. The molecule has 2 rings (SSSR count). The molecule has 1 aliphatic rings. The minimum atomic E-state index is -1.000. The Bertz CT molecular complexity index is 631. The molecule has 1 atom stereocenters. The maximum atomic E-state index is 11.5. The van der Waals surface area contributed by atoms with Gasteiger partial charge in [-0.25, -0.2) is 4.79 Å². The van der Waals surface area contributed by atoms with Gasteiger partial charge in [0.1, 0.15) is 0 Å². The molecule has 0 bridgehead atoms. The fourth-order valence-electron chi connectivity index (χ4n) is 2.18. The number of carboxylic acid groups (broad SMARTS) is 1. The van der Waals surface area contributed by atoms with Gasteiger partial charge in [0.25, 0.3) is 0 Å². The van der Waals surface area contributed by atoms with E-state index in [2.05, 4.69) is 5.32 Å². The molecule has 1 aromatic carbocycles. The largest absolute Gasteiger partial charge is 0.478 e. The van der Waals surface area contributed by atoms with Crippen LogP contribution in [0.1, 0.15) is 18.5 Å². The van der Waals surface area contributed by atoms with Crippen molar-refractivity contribution in [3.05, 3.63) is 45.1 Å². The topological polar surface area (TPSA) is 52.6 Å². The van der Waals surface area contributed by atoms with E-state index in [1.165, 1.54) is 0 Å². The van der Waals surface area contributed by atoms with E-state index in [4.69, 9.17) is 35.4 Å². The molecule has 0 aromatic heterocycles. The van der Waals surface area contributed by atoms with Gasteiger partial charge in [-0.2, -0.15) is 0 Å². The van der Waals surface area contributed by atoms with Gasteiger partial charge in [0.05, 0.1) is 21.7 Å². The number of nitrogens with zero attached hydrogens (tertiary/aromatic N) is 1. The molecule has 0 saturated heterocycles. The second-order valence-corrected chi connectivity index (χ2v) is 5.66. The van der Waals surface area contributed by atoms with Crippen molar-refractivity contribution in [1.82, 2.24) is 10.2 Å². The van der Waals surface area contributed by atoms with E-state index in [1.54, 1.807) is 37.1 Å². The van der Waals surface area contributed by atoms with Crippen LogP contribution in [0.15, 0.2) is 29.5 Å². The van der Waals surface area contributed by atoms with Crippen molar-refractivity contribution < 1.29 is 9.90 Å². The molecule has 4 nitrogen and oxygen atoms in total. The number of allylic oxidation sites excluding steroid dienone is 1. The van der Waals surface area contributed by atoms with Gasteiger partial charge in [-0.15, -0.1) is 0 Å². The zero-order chi connectivity index (χ0) is 15.0. The van der Waals surface area contributed by atoms with E-state index >= 15 is 0 Å². The number of halogens is 2. The van der Waals surface area contributed by atoms with E-state index in [1.807, 2.05) is 0 Å². The van der Waals surface area contributed by atoms with E-state index in [-0.39, 0.29) is 5.57 Å². The smallest absolute Gasteiger partial charge is 0.335 e. The highest BCUT2D eigenvalue weighted by Crippen LogP contribution is 2.35. The molecule has 0 amide bonds. The normalized spacial score (nSPS) is 19.1. The molecule has 0 radical (unpaired) electrons. The van der Waals surface area contributed by atoms with E-state index in [0.29, 0.717) is 20.9 Å². The molecule has 1 heterocycles. The molecule has 1 unspecified atom stereocenters. The molecule has 0 saturated carbocycles. The number of likely N-dealkylation sites (N-methyl/N-ethyl adjacent to an activating group) is 1. The molecule has 1 aromatic rings. The second kappa shape index (κ2) is 5.60. The van der Waals surface area contributed by atoms with Crippen molar-refractivity contribution in [1.29, 1.82) is 0 Å². The van der Waals surface area contributed by atoms with E-state index in [0.717, 1.165) is 5.56 Å². The third kappa shape index (κ3) is 2.61. The summed E-state index contributed by atoms with van der Waals surface area (Å²) in [5.41, 5.74) is 1.48. The van der Waals surface area contributed by atoms with Crippen molar-refractivity contribution in [2.45, 2.75) is 13.0 Å². The van der Waals surface area contributed by atoms with Gasteiger partial charge in [-0.3, -0.25) is 0 Å². The van der Waals surface area contributed by atoms with Crippen LogP contribution in [-0.4, -0.2) is 28.1 Å². The van der Waals surface area contributed by atoms with Gasteiger partial charge in [0.2, 0.25) is 0 Å². The quantitative estimate of drug-likeness (QED) is 0.815. The lowest BCUT2D eigenvalue weighted by Crippen LogP contribution is -2.46. The summed E-state index contributed by atoms with van der Waals surface area (Å²) in [5.74, 6) is -1.000. The van der Waals surface area contributed by atoms with Crippen molar-refractivity contribution >= 4 is 46.5 Å². The van der Waals surface area contributed by atoms with Gasteiger partial charge in [0, 0.05) is 12.7 Å². The number of hydrogen-bond acceptors (Lipinski definition) is 2. The van der Waals surface area contributed by atoms with Crippen LogP contribution in [0.25, 0.3) is 0 Å². The summed E-state index contributed by atoms with van der Waals surface area (Å²) in [6, 6.07) is 4.55. The summed E-state index contributed by atoms with van der Waals surface area (Å²) in [5, 5.41) is 13.6. The molecule has 0 fully saturated rings. The lowest BCUT2D eigenvalue weighted by atomic mass is 9.94. The second-order valence-electron chi connectivity index (χ2n) is 4.46. The lowest BCUT2D eigenvalue weighted by Gasteiger charge is -2.36. The maximum absolute atomic E-state index is 11.5. The van der Waals surface area contributed by atoms with Gasteiger partial charge in [-0.1, -0.05) is 29.3 Å². The van der Waals surface area contributed by atoms with Gasteiger partial charge in [0.15, 0.2) is 5.11 Å². The highest BCUT2D eigenvalue weighted by molar-refractivity contribution is 7.80. The number of nitrogens with one attached hydrogen (secondary N) is 1. The summed E-state index contributed by atoms with van der Waals surface area (Å²) >= 11 is 17.1. The van der Waals surface area contributed by atoms with Crippen LogP contribution in [0.2, 0.25) is 10.0 Å². The Balaban J connectivity index is 2.60. The monoisotopic (exact) mass is 330 g/mol. The van der Waals surface area contributed by atoms with Crippen LogP contribution in [0.3, 0.4) is 0 Å². The Morgan fingerprint density at radius 3 is 2.60 bits per heavy atom. The van der Waals surface area contributed by atoms with Gasteiger partial charge >= 0.3 is 5.97 Å². The van der Waals surface area contributed by atoms with Gasteiger partial charge < -0.3 is 15.3 Å². The maximum Gasteiger partial charge on any atom is 0.335 e. The third-order valence-electron chi connectivity index (χ3n) is 3.17. The Morgan fingerprint density at radius 2 is 2.05 bits per heavy atom. The first kappa shape index (κ1) is 15.1. The van der Waals surface area contributed by atoms with Crippen LogP contribution < -0.4 is 5.32 Å². The van der Waals surface area contributed by atoms with Crippen LogP contribution in [0.5, 0.6) is 0 Å². The number of carbonyl (C=O) groups is 1. The first-order valence-electron chi connectivity index (χ1n) is 5.75. The third-order valence-corrected chi connectivity index (χ3v) is 4.30. The fourth-order valence-corrected chi connectivity index (χ4v) is 2.75. The van der Waals surface area contributed by atoms with Crippen LogP contribution >= 0.6 is 35.4 Å². The Kier molecular flexibility index (Phi) is 4.22. The van der Waals surface area contributed by atoms with Crippen molar-refractivity contribution in [3.63, 3.8) is 0 Å². The molecule has 0 aliphatic carbocycles. The van der Waals surface area contributed by atoms with Crippen LogP contribution in [0.4, 0.5) is 0 Å². The fraction of sp³-hybridized carbons (Fsp3) is 0.231. The standard InChI is InChI=1S/C13H12Cl2N2O2S/c1-6-10(12(18)19)11(17(2)13(20)16-6)7-3-4-8(14)9(15)5-7/h3-5,11H,1-2H3,(H,16,20)(H,18,19). The Hall–Kier alpha value is -1.30. The number of carboxylic acids is 1. The highest BCUT2D eigenvalue weighted by Gasteiger charge is 2.34. The lowest BCUT2D eigenvalue weighted by molar-refractivity contribution is -0.133. The van der Waals surface area contributed by atoms with Crippen LogP contribution in [-0.2, 0) is 4.79 Å². The zero-order valence-corrected chi connectivity index (χ0v) is 13.1. The van der Waals surface area contributed by atoms with E-state index < -0.39 is 12.0 Å². The van der Waals surface area contributed by atoms with Crippen molar-refractivity contribution in [3.8, 4) is 0 Å². The number of aliphatic carboxylic acids is 1. The van der Waals surface area contributed by atoms with Crippen molar-refractivity contribution in [2.75, 3.05) is 7.05 Å². The molecular weight excluding hydrogens is 319 g/mol. The molecule has 106 valence electrons. The number of thiocarbonyl (C=S) groups is 1. The summed E-state index contributed by atoms with van der Waals surface area (Å²) in [7, 11) is 1.73. The summed E-state index contributed by atoms with van der Waals surface area (Å²) in [4.78, 5) is 13.2. The zero-order valence-electron chi connectivity index (χ0n) is 10.8. The SMILES string of the molecule is CC1=C(C(=O)O)C(c2ccc(Cl)c(Cl)c2)N(C)C(=S)N1. The van der Waals surface area contributed by atoms with Crippen molar-refractivity contribution in [2.24, 2.45) is 0 Å². The molecule has 1 aliphatic heterocycles. The minimum Gasteiger partial charge on any atom is -0.478 e.